The van der Waals surface area contributed by atoms with Crippen LogP contribution in [0.15, 0.2) is 0 Å². The summed E-state index contributed by atoms with van der Waals surface area (Å²) in [5.74, 6) is 0.754. The fourth-order valence-electron chi connectivity index (χ4n) is 3.09. The Balaban J connectivity index is 1.72. The van der Waals surface area contributed by atoms with Gasteiger partial charge in [0.1, 0.15) is 0 Å². The van der Waals surface area contributed by atoms with Crippen molar-refractivity contribution in [2.24, 2.45) is 11.7 Å². The first kappa shape index (κ1) is 12.3. The van der Waals surface area contributed by atoms with Crippen molar-refractivity contribution in [3.05, 3.63) is 0 Å². The first-order chi connectivity index (χ1) is 7.79. The smallest absolute Gasteiger partial charge is 0.0195 e. The third-order valence-electron chi connectivity index (χ3n) is 4.25. The second kappa shape index (κ2) is 5.99. The fourth-order valence-corrected chi connectivity index (χ4v) is 3.09. The number of hydrogen-bond acceptors (Lipinski definition) is 3. The van der Waals surface area contributed by atoms with E-state index in [1.54, 1.807) is 0 Å². The van der Waals surface area contributed by atoms with Gasteiger partial charge in [-0.05, 0) is 58.3 Å². The van der Waals surface area contributed by atoms with Gasteiger partial charge in [-0.3, -0.25) is 4.90 Å². The van der Waals surface area contributed by atoms with Gasteiger partial charge in [0, 0.05) is 19.1 Å². The van der Waals surface area contributed by atoms with E-state index in [0.717, 1.165) is 18.5 Å². The molecule has 2 atom stereocenters. The van der Waals surface area contributed by atoms with Crippen molar-refractivity contribution in [1.82, 2.24) is 9.80 Å². The van der Waals surface area contributed by atoms with Crippen LogP contribution in [0.1, 0.15) is 32.6 Å². The van der Waals surface area contributed by atoms with Gasteiger partial charge in [0.05, 0.1) is 0 Å². The first-order valence-corrected chi connectivity index (χ1v) is 6.96. The summed E-state index contributed by atoms with van der Waals surface area (Å²) in [5.41, 5.74) is 5.74. The maximum Gasteiger partial charge on any atom is 0.0195 e. The molecule has 0 amide bonds. The molecule has 2 heterocycles. The Hall–Kier alpha value is -0.120. The van der Waals surface area contributed by atoms with Crippen molar-refractivity contribution in [3.8, 4) is 0 Å². The Morgan fingerprint density at radius 1 is 1.19 bits per heavy atom. The predicted octanol–water partition coefficient (Wildman–Crippen LogP) is 1.14. The lowest BCUT2D eigenvalue weighted by molar-refractivity contribution is 0.150. The van der Waals surface area contributed by atoms with Gasteiger partial charge in [0.15, 0.2) is 0 Å². The molecule has 3 heteroatoms. The van der Waals surface area contributed by atoms with Crippen LogP contribution < -0.4 is 5.73 Å². The topological polar surface area (TPSA) is 32.5 Å². The predicted molar refractivity (Wildman–Crippen MR) is 68.5 cm³/mol. The largest absolute Gasteiger partial charge is 0.330 e. The highest BCUT2D eigenvalue weighted by Gasteiger charge is 2.26. The summed E-state index contributed by atoms with van der Waals surface area (Å²) >= 11 is 0. The summed E-state index contributed by atoms with van der Waals surface area (Å²) in [6.45, 7) is 9.64. The quantitative estimate of drug-likeness (QED) is 0.779. The van der Waals surface area contributed by atoms with Gasteiger partial charge in [-0.2, -0.15) is 0 Å². The number of likely N-dealkylation sites (tertiary alicyclic amines) is 2. The summed E-state index contributed by atoms with van der Waals surface area (Å²) in [6.07, 6.45) is 5.54. The molecule has 0 saturated carbocycles. The maximum absolute atomic E-state index is 5.74. The van der Waals surface area contributed by atoms with Crippen LogP contribution in [0, 0.1) is 5.92 Å². The fraction of sp³-hybridized carbons (Fsp3) is 1.00. The van der Waals surface area contributed by atoms with Gasteiger partial charge in [-0.15, -0.1) is 0 Å². The molecule has 2 aliphatic rings. The van der Waals surface area contributed by atoms with Crippen LogP contribution >= 0.6 is 0 Å². The number of piperidine rings is 1. The zero-order chi connectivity index (χ0) is 11.4. The highest BCUT2D eigenvalue weighted by molar-refractivity contribution is 4.82. The number of nitrogens with zero attached hydrogens (tertiary/aromatic N) is 2. The summed E-state index contributed by atoms with van der Waals surface area (Å²) in [6, 6.07) is 0.717. The standard InChI is InChI=1S/C13H27N3/c1-12(10-15-6-3-2-4-7-15)16-8-5-13(9-14)11-16/h12-13H,2-11,14H2,1H3. The Morgan fingerprint density at radius 2 is 1.94 bits per heavy atom. The molecular weight excluding hydrogens is 198 g/mol. The average molecular weight is 225 g/mol. The highest BCUT2D eigenvalue weighted by Crippen LogP contribution is 2.19. The molecule has 2 N–H and O–H groups in total. The zero-order valence-electron chi connectivity index (χ0n) is 10.7. The maximum atomic E-state index is 5.74. The van der Waals surface area contributed by atoms with Gasteiger partial charge in [0.25, 0.3) is 0 Å². The van der Waals surface area contributed by atoms with E-state index >= 15 is 0 Å². The number of hydrogen-bond donors (Lipinski definition) is 1. The third-order valence-corrected chi connectivity index (χ3v) is 4.25. The van der Waals surface area contributed by atoms with Crippen LogP contribution in [0.25, 0.3) is 0 Å². The van der Waals surface area contributed by atoms with Gasteiger partial charge < -0.3 is 10.6 Å². The molecule has 0 aromatic carbocycles. The van der Waals surface area contributed by atoms with E-state index in [4.69, 9.17) is 5.73 Å². The SMILES string of the molecule is CC(CN1CCCCC1)N1CCC(CN)C1. The lowest BCUT2D eigenvalue weighted by atomic mass is 10.1. The minimum absolute atomic E-state index is 0.717. The molecule has 2 unspecified atom stereocenters. The average Bonchev–Trinajstić information content (AvgIpc) is 2.79. The Labute approximate surface area is 100.0 Å². The first-order valence-electron chi connectivity index (χ1n) is 6.96. The molecule has 0 radical (unpaired) electrons. The molecule has 2 fully saturated rings. The third kappa shape index (κ3) is 3.19. The minimum Gasteiger partial charge on any atom is -0.330 e. The van der Waals surface area contributed by atoms with Gasteiger partial charge in [0.2, 0.25) is 0 Å². The summed E-state index contributed by atoms with van der Waals surface area (Å²) < 4.78 is 0. The second-order valence-corrected chi connectivity index (χ2v) is 5.60. The lowest BCUT2D eigenvalue weighted by Gasteiger charge is -2.33. The summed E-state index contributed by atoms with van der Waals surface area (Å²) in [5, 5.41) is 0. The van der Waals surface area contributed by atoms with Crippen LogP contribution in [-0.4, -0.2) is 55.1 Å². The molecule has 2 rings (SSSR count). The van der Waals surface area contributed by atoms with Crippen molar-refractivity contribution < 1.29 is 0 Å². The van der Waals surface area contributed by atoms with Crippen LogP contribution in [-0.2, 0) is 0 Å². The molecule has 0 aromatic heterocycles. The Bertz CT molecular complexity index is 201. The second-order valence-electron chi connectivity index (χ2n) is 5.60. The molecule has 2 aliphatic heterocycles. The van der Waals surface area contributed by atoms with E-state index in [1.165, 1.54) is 58.4 Å². The minimum atomic E-state index is 0.717. The van der Waals surface area contributed by atoms with Crippen molar-refractivity contribution in [2.75, 3.05) is 39.3 Å². The molecule has 0 spiro atoms. The van der Waals surface area contributed by atoms with Crippen molar-refractivity contribution >= 4 is 0 Å². The molecular formula is C13H27N3. The van der Waals surface area contributed by atoms with Gasteiger partial charge in [-0.1, -0.05) is 6.42 Å². The van der Waals surface area contributed by atoms with Crippen LogP contribution in [0.2, 0.25) is 0 Å². The van der Waals surface area contributed by atoms with Crippen LogP contribution in [0.5, 0.6) is 0 Å². The van der Waals surface area contributed by atoms with Gasteiger partial charge >= 0.3 is 0 Å². The van der Waals surface area contributed by atoms with Crippen LogP contribution in [0.3, 0.4) is 0 Å². The van der Waals surface area contributed by atoms with E-state index in [0.29, 0.717) is 0 Å². The van der Waals surface area contributed by atoms with Crippen molar-refractivity contribution in [3.63, 3.8) is 0 Å². The molecule has 0 aliphatic carbocycles. The Morgan fingerprint density at radius 3 is 2.56 bits per heavy atom. The summed E-state index contributed by atoms with van der Waals surface area (Å²) in [7, 11) is 0. The van der Waals surface area contributed by atoms with E-state index in [2.05, 4.69) is 16.7 Å². The highest BCUT2D eigenvalue weighted by atomic mass is 15.2. The molecule has 2 saturated heterocycles. The molecule has 0 bridgehead atoms. The molecule has 94 valence electrons. The Kier molecular flexibility index (Phi) is 4.62. The van der Waals surface area contributed by atoms with Crippen molar-refractivity contribution in [2.45, 2.75) is 38.6 Å². The van der Waals surface area contributed by atoms with E-state index in [9.17, 15) is 0 Å². The van der Waals surface area contributed by atoms with E-state index in [-0.39, 0.29) is 0 Å². The van der Waals surface area contributed by atoms with Crippen LogP contribution in [0.4, 0.5) is 0 Å². The van der Waals surface area contributed by atoms with E-state index in [1.807, 2.05) is 0 Å². The van der Waals surface area contributed by atoms with Gasteiger partial charge in [-0.25, -0.2) is 0 Å². The van der Waals surface area contributed by atoms with E-state index < -0.39 is 0 Å². The molecule has 16 heavy (non-hydrogen) atoms. The monoisotopic (exact) mass is 225 g/mol. The molecule has 3 nitrogen and oxygen atoms in total. The van der Waals surface area contributed by atoms with Crippen molar-refractivity contribution in [1.29, 1.82) is 0 Å². The lowest BCUT2D eigenvalue weighted by Crippen LogP contribution is -2.43. The number of nitrogens with two attached hydrogens (primary N) is 1. The normalized spacial score (nSPS) is 30.8. The molecule has 0 aromatic rings. The zero-order valence-corrected chi connectivity index (χ0v) is 10.7. The summed E-state index contributed by atoms with van der Waals surface area (Å²) in [4.78, 5) is 5.27. The number of rotatable bonds is 4.